The molecule has 7 rings (SSSR count). The van der Waals surface area contributed by atoms with Gasteiger partial charge in [0.25, 0.3) is 11.7 Å². The Bertz CT molecular complexity index is 1310. The molecule has 1 amide bonds. The first kappa shape index (κ1) is 22.0. The molecule has 5 aromatic heterocycles. The number of thiophene rings is 2. The maximum atomic E-state index is 10.8. The number of hydrogen-bond donors (Lipinski definition) is 3. The number of carbonyl (C=O) groups excluding carboxylic acids is 2. The van der Waals surface area contributed by atoms with E-state index in [1.54, 1.807) is 34.9 Å². The Hall–Kier alpha value is -3.16. The van der Waals surface area contributed by atoms with Gasteiger partial charge in [0.1, 0.15) is 5.69 Å². The second kappa shape index (κ2) is 10.9. The summed E-state index contributed by atoms with van der Waals surface area (Å²) < 4.78 is 2.82. The molecule has 1 aliphatic rings. The summed E-state index contributed by atoms with van der Waals surface area (Å²) in [5, 5.41) is 7.94. The first-order valence-electron chi connectivity index (χ1n) is 9.65. The molecule has 8 heteroatoms. The van der Waals surface area contributed by atoms with Gasteiger partial charge in [-0.15, -0.1) is 22.7 Å². The third-order valence-electron chi connectivity index (χ3n) is 4.39. The number of Topliss-reactive ketones (excluding diaryl/α,β-unsaturated/α-hetero) is 1. The summed E-state index contributed by atoms with van der Waals surface area (Å²) in [5.41, 5.74) is 2.15. The Kier molecular flexibility index (Phi) is 7.53. The van der Waals surface area contributed by atoms with Crippen LogP contribution < -0.4 is 5.32 Å². The van der Waals surface area contributed by atoms with Crippen molar-refractivity contribution in [3.05, 3.63) is 99.4 Å². The normalized spacial score (nSPS) is 11.5. The minimum Gasteiger partial charge on any atom is -0.361 e. The van der Waals surface area contributed by atoms with E-state index >= 15 is 0 Å². The molecule has 3 N–H and O–H groups in total. The van der Waals surface area contributed by atoms with Crippen molar-refractivity contribution in [1.29, 1.82) is 0 Å². The van der Waals surface area contributed by atoms with Crippen molar-refractivity contribution in [2.24, 2.45) is 0 Å². The number of nitrogens with one attached hydrogen (secondary N) is 3. The number of H-pyrrole nitrogens is 2. The van der Waals surface area contributed by atoms with Gasteiger partial charge in [0.2, 0.25) is 0 Å². The first-order chi connectivity index (χ1) is 15.7. The molecule has 6 aromatic rings. The second-order valence-corrected chi connectivity index (χ2v) is 10.1. The smallest absolute Gasteiger partial charge is 0.0453 e. The van der Waals surface area contributed by atoms with Crippen LogP contribution in [0.3, 0.4) is 0 Å². The maximum Gasteiger partial charge on any atom is 0.0453 e. The largest absolute Gasteiger partial charge is 0.361 e. The maximum absolute atomic E-state index is 10.8. The topological polar surface area (TPSA) is 77.8 Å². The van der Waals surface area contributed by atoms with E-state index in [4.69, 9.17) is 0 Å². The van der Waals surface area contributed by atoms with Crippen molar-refractivity contribution in [3.8, 4) is 0 Å². The molecule has 160 valence electrons. The Morgan fingerprint density at radius 3 is 2.03 bits per heavy atom. The van der Waals surface area contributed by atoms with Gasteiger partial charge < -0.3 is 15.3 Å². The molecule has 6 heterocycles. The van der Waals surface area contributed by atoms with Crippen molar-refractivity contribution in [1.82, 2.24) is 9.97 Å². The molecule has 0 aliphatic carbocycles. The monoisotopic (exact) mass is 525 g/mol. The minimum atomic E-state index is -0.554. The summed E-state index contributed by atoms with van der Waals surface area (Å²) in [5.74, 6) is -1.04. The summed E-state index contributed by atoms with van der Waals surface area (Å²) in [7, 11) is 0. The van der Waals surface area contributed by atoms with Gasteiger partial charge in [0, 0.05) is 27.3 Å². The zero-order valence-corrected chi connectivity index (χ0v) is 20.1. The fraction of sp³-hybridized carbons (Fsp3) is 0. The Labute approximate surface area is 198 Å². The standard InChI is InChI=1S/C8H7N.C6H4N2O2.C6H4S2.C4H4Se/c1-2-4-8-7(3-1)5-6-9-8;9-5-4-3(1-2-7-4)8-6(5)10;1-3-7-6-2-4-8-5(1)6;1-2-4-5-3-1/h1-6,9H;1-2,7H,(H,8,9,10);1-4H;1-4H. The number of carbonyl (C=O) groups is 2. The van der Waals surface area contributed by atoms with Crippen LogP contribution in [0.1, 0.15) is 10.5 Å². The van der Waals surface area contributed by atoms with Gasteiger partial charge >= 0.3 is 36.5 Å². The van der Waals surface area contributed by atoms with Crippen LogP contribution >= 0.6 is 22.7 Å². The van der Waals surface area contributed by atoms with Crippen molar-refractivity contribution >= 4 is 74.9 Å². The quantitative estimate of drug-likeness (QED) is 0.168. The number of ketones is 1. The van der Waals surface area contributed by atoms with E-state index in [2.05, 4.69) is 78.4 Å². The van der Waals surface area contributed by atoms with E-state index in [9.17, 15) is 9.59 Å². The molecule has 0 radical (unpaired) electrons. The number of rotatable bonds is 0. The summed E-state index contributed by atoms with van der Waals surface area (Å²) in [6, 6.07) is 20.4. The van der Waals surface area contributed by atoms with Crippen LogP contribution in [-0.2, 0) is 4.79 Å². The molecule has 1 aromatic carbocycles. The van der Waals surface area contributed by atoms with Crippen molar-refractivity contribution in [2.75, 3.05) is 5.32 Å². The van der Waals surface area contributed by atoms with Crippen molar-refractivity contribution < 1.29 is 9.59 Å². The number of fused-ring (bicyclic) bond motifs is 3. The van der Waals surface area contributed by atoms with Crippen molar-refractivity contribution in [2.45, 2.75) is 0 Å². The molecule has 1 aliphatic heterocycles. The molecule has 0 unspecified atom stereocenters. The molecular weight excluding hydrogens is 505 g/mol. The van der Waals surface area contributed by atoms with Crippen LogP contribution in [-0.4, -0.2) is 36.2 Å². The zero-order chi connectivity index (χ0) is 22.2. The van der Waals surface area contributed by atoms with Gasteiger partial charge in [-0.2, -0.15) is 0 Å². The molecular formula is C24H19N3O2S2Se. The predicted molar refractivity (Wildman–Crippen MR) is 135 cm³/mol. The van der Waals surface area contributed by atoms with Gasteiger partial charge in [-0.25, -0.2) is 0 Å². The van der Waals surface area contributed by atoms with E-state index < -0.39 is 11.7 Å². The Morgan fingerprint density at radius 1 is 0.719 bits per heavy atom. The SMILES string of the molecule is O=C1Nc2cc[nH]c2C1=O.c1cc2sccc2s1.c1cc[se]c1.c1ccc2[nH]ccc2c1. The molecule has 0 atom stereocenters. The number of aromatic amines is 2. The van der Waals surface area contributed by atoms with E-state index in [0.29, 0.717) is 25.9 Å². The average molecular weight is 525 g/mol. The number of para-hydroxylation sites is 1. The van der Waals surface area contributed by atoms with Crippen LogP contribution in [0, 0.1) is 0 Å². The molecule has 0 spiro atoms. The molecule has 0 fully saturated rings. The van der Waals surface area contributed by atoms with Gasteiger partial charge in [-0.05, 0) is 46.5 Å². The summed E-state index contributed by atoms with van der Waals surface area (Å²) in [6.07, 6.45) is 3.56. The zero-order valence-electron chi connectivity index (χ0n) is 16.8. The van der Waals surface area contributed by atoms with Gasteiger partial charge in [0.15, 0.2) is 0 Å². The predicted octanol–water partition coefficient (Wildman–Crippen LogP) is 6.02. The minimum absolute atomic E-state index is 0.366. The van der Waals surface area contributed by atoms with Crippen LogP contribution in [0.4, 0.5) is 5.69 Å². The summed E-state index contributed by atoms with van der Waals surface area (Å²) >= 11 is 4.32. The Morgan fingerprint density at radius 2 is 1.41 bits per heavy atom. The van der Waals surface area contributed by atoms with E-state index in [0.717, 1.165) is 0 Å². The average Bonchev–Trinajstić information content (AvgIpc) is 3.63. The van der Waals surface area contributed by atoms with Crippen LogP contribution in [0.25, 0.3) is 20.3 Å². The van der Waals surface area contributed by atoms with Gasteiger partial charge in [-0.3, -0.25) is 9.59 Å². The number of amides is 1. The molecule has 0 bridgehead atoms. The van der Waals surface area contributed by atoms with E-state index in [-0.39, 0.29) is 0 Å². The molecule has 0 saturated carbocycles. The second-order valence-electron chi connectivity index (χ2n) is 6.48. The molecule has 0 saturated heterocycles. The van der Waals surface area contributed by atoms with E-state index in [1.165, 1.54) is 20.3 Å². The first-order valence-corrected chi connectivity index (χ1v) is 13.4. The third-order valence-corrected chi connectivity index (χ3v) is 7.60. The number of aromatic nitrogens is 2. The van der Waals surface area contributed by atoms with Crippen LogP contribution in [0.2, 0.25) is 0 Å². The molecule has 32 heavy (non-hydrogen) atoms. The van der Waals surface area contributed by atoms with Gasteiger partial charge in [-0.1, -0.05) is 18.2 Å². The van der Waals surface area contributed by atoms with Crippen molar-refractivity contribution in [3.63, 3.8) is 0 Å². The summed E-state index contributed by atoms with van der Waals surface area (Å²) in [4.78, 5) is 31.6. The third kappa shape index (κ3) is 5.55. The number of hydrogen-bond acceptors (Lipinski definition) is 4. The molecule has 5 nitrogen and oxygen atoms in total. The van der Waals surface area contributed by atoms with Gasteiger partial charge in [0.05, 0.1) is 5.69 Å². The number of anilines is 1. The fourth-order valence-electron chi connectivity index (χ4n) is 2.87. The van der Waals surface area contributed by atoms with Crippen LogP contribution in [0.5, 0.6) is 0 Å². The van der Waals surface area contributed by atoms with E-state index in [1.807, 2.05) is 18.3 Å². The Balaban J connectivity index is 0.000000105. The van der Waals surface area contributed by atoms with Crippen LogP contribution in [0.15, 0.2) is 93.7 Å². The number of benzene rings is 1. The fourth-order valence-corrected chi connectivity index (χ4v) is 5.65. The summed E-state index contributed by atoms with van der Waals surface area (Å²) in [6.45, 7) is 0.